The Bertz CT molecular complexity index is 779. The van der Waals surface area contributed by atoms with Crippen molar-refractivity contribution in [3.8, 4) is 5.75 Å². The van der Waals surface area contributed by atoms with E-state index in [-0.39, 0.29) is 12.2 Å². The van der Waals surface area contributed by atoms with Gasteiger partial charge in [0.05, 0.1) is 5.69 Å². The first-order valence-electron chi connectivity index (χ1n) is 5.96. The molecular formula is C13H11ClN4O2. The molecule has 0 aliphatic carbocycles. The van der Waals surface area contributed by atoms with Gasteiger partial charge in [0.25, 0.3) is 11.3 Å². The molecular weight excluding hydrogens is 280 g/mol. The van der Waals surface area contributed by atoms with E-state index in [9.17, 15) is 4.79 Å². The van der Waals surface area contributed by atoms with E-state index in [1.165, 1.54) is 16.9 Å². The van der Waals surface area contributed by atoms with Crippen LogP contribution >= 0.6 is 11.6 Å². The molecule has 0 amide bonds. The van der Waals surface area contributed by atoms with Gasteiger partial charge in [0, 0.05) is 11.9 Å². The number of rotatable bonds is 4. The molecule has 0 aliphatic heterocycles. The van der Waals surface area contributed by atoms with Gasteiger partial charge >= 0.3 is 0 Å². The van der Waals surface area contributed by atoms with Crippen LogP contribution in [0.5, 0.6) is 5.75 Å². The normalized spacial score (nSPS) is 10.8. The van der Waals surface area contributed by atoms with Crippen molar-refractivity contribution in [3.63, 3.8) is 0 Å². The van der Waals surface area contributed by atoms with Gasteiger partial charge in [-0.2, -0.15) is 4.52 Å². The third kappa shape index (κ3) is 2.50. The van der Waals surface area contributed by atoms with Gasteiger partial charge in [0.15, 0.2) is 0 Å². The molecule has 3 rings (SSSR count). The van der Waals surface area contributed by atoms with Crippen LogP contribution in [0.2, 0.25) is 0 Å². The van der Waals surface area contributed by atoms with Crippen molar-refractivity contribution in [3.05, 3.63) is 58.3 Å². The third-order valence-electron chi connectivity index (χ3n) is 2.79. The fourth-order valence-electron chi connectivity index (χ4n) is 1.77. The van der Waals surface area contributed by atoms with E-state index in [1.54, 1.807) is 0 Å². The molecule has 0 saturated heterocycles. The van der Waals surface area contributed by atoms with Gasteiger partial charge in [-0.3, -0.25) is 9.89 Å². The highest BCUT2D eigenvalue weighted by molar-refractivity contribution is 6.17. The molecule has 0 bridgehead atoms. The number of hydrogen-bond acceptors (Lipinski definition) is 4. The standard InChI is InChI=1S/C13H11ClN4O2/c14-6-9-1-3-11(4-2-9)20-7-10-5-12(19)18-13(17-10)15-8-16-18/h1-5,8H,6-7H2,(H,15,16,17). The summed E-state index contributed by atoms with van der Waals surface area (Å²) in [5, 5.41) is 2.68. The van der Waals surface area contributed by atoms with E-state index < -0.39 is 0 Å². The molecule has 0 saturated carbocycles. The minimum Gasteiger partial charge on any atom is -0.487 e. The number of benzene rings is 1. The lowest BCUT2D eigenvalue weighted by atomic mass is 10.2. The second-order valence-electron chi connectivity index (χ2n) is 4.17. The number of ether oxygens (including phenoxy) is 1. The molecule has 0 atom stereocenters. The van der Waals surface area contributed by atoms with E-state index in [4.69, 9.17) is 16.3 Å². The summed E-state index contributed by atoms with van der Waals surface area (Å²) in [6, 6.07) is 8.86. The maximum absolute atomic E-state index is 11.7. The molecule has 7 heteroatoms. The Kier molecular flexibility index (Phi) is 3.39. The minimum atomic E-state index is -0.219. The van der Waals surface area contributed by atoms with E-state index in [0.717, 1.165) is 5.56 Å². The van der Waals surface area contributed by atoms with Crippen LogP contribution in [0.3, 0.4) is 0 Å². The number of aromatic nitrogens is 4. The number of nitrogens with zero attached hydrogens (tertiary/aromatic N) is 3. The Labute approximate surface area is 119 Å². The first-order valence-corrected chi connectivity index (χ1v) is 6.49. The number of fused-ring (bicyclic) bond motifs is 1. The molecule has 1 N–H and O–H groups in total. The van der Waals surface area contributed by atoms with Crippen LogP contribution in [0, 0.1) is 0 Å². The molecule has 0 radical (unpaired) electrons. The van der Waals surface area contributed by atoms with Crippen LogP contribution in [0.25, 0.3) is 5.78 Å². The van der Waals surface area contributed by atoms with Crippen LogP contribution in [-0.4, -0.2) is 19.6 Å². The van der Waals surface area contributed by atoms with Crippen molar-refractivity contribution < 1.29 is 4.74 Å². The van der Waals surface area contributed by atoms with Gasteiger partial charge in [-0.25, -0.2) is 9.97 Å². The highest BCUT2D eigenvalue weighted by atomic mass is 35.5. The van der Waals surface area contributed by atoms with Crippen LogP contribution in [0.4, 0.5) is 0 Å². The Hall–Kier alpha value is -2.34. The predicted molar refractivity (Wildman–Crippen MR) is 73.9 cm³/mol. The van der Waals surface area contributed by atoms with Gasteiger partial charge in [0.1, 0.15) is 18.7 Å². The second kappa shape index (κ2) is 5.34. The smallest absolute Gasteiger partial charge is 0.274 e. The maximum atomic E-state index is 11.7. The molecule has 1 aromatic carbocycles. The fraction of sp³-hybridized carbons (Fsp3) is 0.154. The number of halogens is 1. The van der Waals surface area contributed by atoms with Crippen molar-refractivity contribution >= 4 is 17.4 Å². The summed E-state index contributed by atoms with van der Waals surface area (Å²) < 4.78 is 6.84. The van der Waals surface area contributed by atoms with Gasteiger partial charge < -0.3 is 4.74 Å². The highest BCUT2D eigenvalue weighted by Gasteiger charge is 2.04. The summed E-state index contributed by atoms with van der Waals surface area (Å²) in [5.74, 6) is 1.49. The lowest BCUT2D eigenvalue weighted by Gasteiger charge is -2.06. The summed E-state index contributed by atoms with van der Waals surface area (Å²) in [6.07, 6.45) is 1.42. The number of alkyl halides is 1. The molecule has 2 aromatic heterocycles. The number of aromatic amines is 1. The predicted octanol–water partition coefficient (Wildman–Crippen LogP) is 1.74. The topological polar surface area (TPSA) is 72.3 Å². The first kappa shape index (κ1) is 12.7. The summed E-state index contributed by atoms with van der Waals surface area (Å²) >= 11 is 5.72. The van der Waals surface area contributed by atoms with Gasteiger partial charge in [-0.05, 0) is 17.7 Å². The third-order valence-corrected chi connectivity index (χ3v) is 3.09. The summed E-state index contributed by atoms with van der Waals surface area (Å²) in [7, 11) is 0. The SMILES string of the molecule is O=c1cc(COc2ccc(CCl)cc2)nc2nc[nH]n12. The Morgan fingerprint density at radius 3 is 2.85 bits per heavy atom. The van der Waals surface area contributed by atoms with Crippen LogP contribution in [0.1, 0.15) is 11.3 Å². The number of hydrogen-bond donors (Lipinski definition) is 1. The molecule has 0 unspecified atom stereocenters. The molecule has 2 heterocycles. The molecule has 0 spiro atoms. The molecule has 6 nitrogen and oxygen atoms in total. The molecule has 3 aromatic rings. The second-order valence-corrected chi connectivity index (χ2v) is 4.44. The zero-order valence-electron chi connectivity index (χ0n) is 10.4. The summed E-state index contributed by atoms with van der Waals surface area (Å²) in [6.45, 7) is 0.207. The summed E-state index contributed by atoms with van der Waals surface area (Å²) in [5.41, 5.74) is 1.33. The Morgan fingerprint density at radius 1 is 1.30 bits per heavy atom. The van der Waals surface area contributed by atoms with Crippen molar-refractivity contribution in [1.29, 1.82) is 0 Å². The molecule has 0 fully saturated rings. The number of nitrogens with one attached hydrogen (secondary N) is 1. The van der Waals surface area contributed by atoms with E-state index in [0.29, 0.717) is 23.1 Å². The van der Waals surface area contributed by atoms with Crippen molar-refractivity contribution in [1.82, 2.24) is 19.6 Å². The Morgan fingerprint density at radius 2 is 2.10 bits per heavy atom. The monoisotopic (exact) mass is 290 g/mol. The quantitative estimate of drug-likeness (QED) is 0.743. The first-order chi connectivity index (χ1) is 9.76. The van der Waals surface area contributed by atoms with E-state index in [2.05, 4.69) is 15.1 Å². The lowest BCUT2D eigenvalue weighted by molar-refractivity contribution is 0.301. The average Bonchev–Trinajstić information content (AvgIpc) is 2.94. The van der Waals surface area contributed by atoms with Gasteiger partial charge in [0.2, 0.25) is 0 Å². The largest absolute Gasteiger partial charge is 0.487 e. The zero-order chi connectivity index (χ0) is 13.9. The fourth-order valence-corrected chi connectivity index (χ4v) is 1.95. The molecule has 0 aliphatic rings. The summed E-state index contributed by atoms with van der Waals surface area (Å²) in [4.78, 5) is 19.9. The highest BCUT2D eigenvalue weighted by Crippen LogP contribution is 2.14. The Balaban J connectivity index is 1.77. The maximum Gasteiger partial charge on any atom is 0.274 e. The van der Waals surface area contributed by atoms with E-state index in [1.807, 2.05) is 24.3 Å². The van der Waals surface area contributed by atoms with Crippen molar-refractivity contribution in [2.75, 3.05) is 0 Å². The van der Waals surface area contributed by atoms with Crippen LogP contribution in [0.15, 0.2) is 41.5 Å². The van der Waals surface area contributed by atoms with Gasteiger partial charge in [-0.15, -0.1) is 11.6 Å². The molecule has 20 heavy (non-hydrogen) atoms. The van der Waals surface area contributed by atoms with Crippen molar-refractivity contribution in [2.45, 2.75) is 12.5 Å². The average molecular weight is 291 g/mol. The number of H-pyrrole nitrogens is 1. The van der Waals surface area contributed by atoms with Gasteiger partial charge in [-0.1, -0.05) is 12.1 Å². The van der Waals surface area contributed by atoms with E-state index >= 15 is 0 Å². The minimum absolute atomic E-state index is 0.207. The zero-order valence-corrected chi connectivity index (χ0v) is 11.2. The van der Waals surface area contributed by atoms with Crippen LogP contribution < -0.4 is 10.3 Å². The molecule has 102 valence electrons. The lowest BCUT2D eigenvalue weighted by Crippen LogP contribution is -2.16. The van der Waals surface area contributed by atoms with Crippen molar-refractivity contribution in [2.24, 2.45) is 0 Å². The van der Waals surface area contributed by atoms with Crippen LogP contribution in [-0.2, 0) is 12.5 Å².